The number of aromatic nitrogens is 1. The summed E-state index contributed by atoms with van der Waals surface area (Å²) < 4.78 is 0.839. The first kappa shape index (κ1) is 6.16. The largest absolute Gasteiger partial charge is 0.618 e. The molecule has 1 radical (unpaired) electrons. The molecule has 0 aliphatic rings. The highest BCUT2D eigenvalue weighted by atomic mass is 16.5. The van der Waals surface area contributed by atoms with E-state index < -0.39 is 0 Å². The highest BCUT2D eigenvalue weighted by Crippen LogP contribution is 2.05. The molecule has 0 saturated carbocycles. The van der Waals surface area contributed by atoms with Gasteiger partial charge in [0, 0.05) is 12.1 Å². The fourth-order valence-corrected chi connectivity index (χ4v) is 1.06. The number of nitrogens with zero attached hydrogens (tertiary/aromatic N) is 1. The second kappa shape index (κ2) is 2.23. The maximum Gasteiger partial charge on any atom is 0.224 e. The van der Waals surface area contributed by atoms with Gasteiger partial charge in [0.1, 0.15) is 0 Å². The van der Waals surface area contributed by atoms with E-state index >= 15 is 0 Å². The molecule has 0 aliphatic carbocycles. The molecule has 2 rings (SSSR count). The third-order valence-corrected chi connectivity index (χ3v) is 1.59. The Hall–Kier alpha value is -1.57. The Morgan fingerprint density at radius 2 is 2.18 bits per heavy atom. The Morgan fingerprint density at radius 3 is 3.00 bits per heavy atom. The average Bonchev–Trinajstić information content (AvgIpc) is 2.06. The molecule has 1 aromatic heterocycles. The van der Waals surface area contributed by atoms with Crippen LogP contribution in [0.2, 0.25) is 0 Å². The first-order valence-electron chi connectivity index (χ1n) is 3.36. The Balaban J connectivity index is 2.91. The lowest BCUT2D eigenvalue weighted by Crippen LogP contribution is -2.25. The van der Waals surface area contributed by atoms with Crippen molar-refractivity contribution >= 4 is 10.9 Å². The van der Waals surface area contributed by atoms with Crippen LogP contribution in [0.1, 0.15) is 0 Å². The van der Waals surface area contributed by atoms with Crippen LogP contribution in [0.3, 0.4) is 0 Å². The molecule has 0 unspecified atom stereocenters. The van der Waals surface area contributed by atoms with Crippen LogP contribution in [0.15, 0.2) is 36.5 Å². The predicted octanol–water partition coefficient (Wildman–Crippen LogP) is 1.27. The number of pyridine rings is 1. The van der Waals surface area contributed by atoms with Crippen molar-refractivity contribution in [1.29, 1.82) is 0 Å². The number of benzene rings is 1. The molecule has 0 aliphatic heterocycles. The molecule has 0 bridgehead atoms. The van der Waals surface area contributed by atoms with E-state index in [1.165, 1.54) is 6.20 Å². The fourth-order valence-electron chi connectivity index (χ4n) is 1.06. The van der Waals surface area contributed by atoms with E-state index in [2.05, 4.69) is 6.07 Å². The Morgan fingerprint density at radius 1 is 1.27 bits per heavy atom. The van der Waals surface area contributed by atoms with Crippen LogP contribution in [0.4, 0.5) is 0 Å². The lowest BCUT2D eigenvalue weighted by molar-refractivity contribution is -0.577. The summed E-state index contributed by atoms with van der Waals surface area (Å²) in [5, 5.41) is 11.9. The molecular formula is C9H6NO. The van der Waals surface area contributed by atoms with Gasteiger partial charge in [-0.2, -0.15) is 4.73 Å². The number of fused-ring (bicyclic) bond motifs is 1. The van der Waals surface area contributed by atoms with Crippen molar-refractivity contribution < 1.29 is 4.73 Å². The molecule has 0 N–H and O–H groups in total. The highest BCUT2D eigenvalue weighted by Gasteiger charge is 1.98. The number of hydrogen-bond acceptors (Lipinski definition) is 1. The zero-order valence-corrected chi connectivity index (χ0v) is 5.82. The van der Waals surface area contributed by atoms with E-state index in [0.29, 0.717) is 5.52 Å². The second-order valence-electron chi connectivity index (χ2n) is 2.30. The molecular weight excluding hydrogens is 138 g/mol. The van der Waals surface area contributed by atoms with Gasteiger partial charge >= 0.3 is 0 Å². The fraction of sp³-hybridized carbons (Fsp3) is 0. The zero-order valence-electron chi connectivity index (χ0n) is 5.82. The maximum atomic E-state index is 11.1. The normalized spacial score (nSPS) is 10.2. The van der Waals surface area contributed by atoms with E-state index in [0.717, 1.165) is 10.1 Å². The van der Waals surface area contributed by atoms with E-state index in [1.54, 1.807) is 24.3 Å². The second-order valence-corrected chi connectivity index (χ2v) is 2.30. The first-order chi connectivity index (χ1) is 5.38. The van der Waals surface area contributed by atoms with Crippen molar-refractivity contribution in [2.75, 3.05) is 0 Å². The molecule has 0 spiro atoms. The Bertz CT molecular complexity index is 379. The molecule has 1 heterocycles. The van der Waals surface area contributed by atoms with Gasteiger partial charge in [0.2, 0.25) is 5.52 Å². The zero-order chi connectivity index (χ0) is 7.68. The molecule has 0 atom stereocenters. The van der Waals surface area contributed by atoms with Gasteiger partial charge in [-0.1, -0.05) is 12.1 Å². The first-order valence-corrected chi connectivity index (χ1v) is 3.36. The summed E-state index contributed by atoms with van der Waals surface area (Å²) in [5.74, 6) is 0. The average molecular weight is 144 g/mol. The van der Waals surface area contributed by atoms with Gasteiger partial charge in [-0.25, -0.2) is 0 Å². The van der Waals surface area contributed by atoms with Gasteiger partial charge in [0.15, 0.2) is 6.20 Å². The van der Waals surface area contributed by atoms with Crippen LogP contribution in [-0.2, 0) is 0 Å². The summed E-state index contributed by atoms with van der Waals surface area (Å²) in [4.78, 5) is 0. The summed E-state index contributed by atoms with van der Waals surface area (Å²) in [6, 6.07) is 11.9. The molecule has 2 nitrogen and oxygen atoms in total. The van der Waals surface area contributed by atoms with Gasteiger partial charge in [-0.05, 0) is 12.1 Å². The molecule has 0 amide bonds. The lowest BCUT2D eigenvalue weighted by atomic mass is 10.2. The summed E-state index contributed by atoms with van der Waals surface area (Å²) in [6.45, 7) is 0. The van der Waals surface area contributed by atoms with Crippen molar-refractivity contribution in [2.45, 2.75) is 0 Å². The van der Waals surface area contributed by atoms with Crippen molar-refractivity contribution in [3.63, 3.8) is 0 Å². The van der Waals surface area contributed by atoms with Crippen LogP contribution in [0.25, 0.3) is 10.9 Å². The van der Waals surface area contributed by atoms with Crippen molar-refractivity contribution in [2.24, 2.45) is 0 Å². The van der Waals surface area contributed by atoms with Gasteiger partial charge < -0.3 is 5.21 Å². The molecule has 11 heavy (non-hydrogen) atoms. The third-order valence-electron chi connectivity index (χ3n) is 1.59. The summed E-state index contributed by atoms with van der Waals surface area (Å²) in [6.07, 6.45) is 1.48. The minimum Gasteiger partial charge on any atom is -0.618 e. The number of hydrogen-bond donors (Lipinski definition) is 0. The standard InChI is InChI=1S/C9H6NO/c11-10-7-3-5-8-4-1-2-6-9(8)10/h1-3,5-7H. The van der Waals surface area contributed by atoms with Gasteiger partial charge in [-0.3, -0.25) is 0 Å². The van der Waals surface area contributed by atoms with Crippen molar-refractivity contribution in [3.8, 4) is 0 Å². The van der Waals surface area contributed by atoms with E-state index in [9.17, 15) is 5.21 Å². The molecule has 2 aromatic rings. The Labute approximate surface area is 64.3 Å². The van der Waals surface area contributed by atoms with Crippen LogP contribution in [-0.4, -0.2) is 0 Å². The van der Waals surface area contributed by atoms with Crippen LogP contribution in [0, 0.1) is 11.3 Å². The van der Waals surface area contributed by atoms with Gasteiger partial charge in [0.05, 0.1) is 5.39 Å². The van der Waals surface area contributed by atoms with Crippen molar-refractivity contribution in [3.05, 3.63) is 47.8 Å². The van der Waals surface area contributed by atoms with E-state index in [1.807, 2.05) is 6.07 Å². The quantitative estimate of drug-likeness (QED) is 0.404. The monoisotopic (exact) mass is 144 g/mol. The molecule has 2 heteroatoms. The summed E-state index contributed by atoms with van der Waals surface area (Å²) in [7, 11) is 0. The molecule has 0 fully saturated rings. The van der Waals surface area contributed by atoms with E-state index in [-0.39, 0.29) is 0 Å². The highest BCUT2D eigenvalue weighted by molar-refractivity contribution is 5.74. The SMILES string of the molecule is [O-][n+]1cccc2[c]cccc21. The molecule has 53 valence electrons. The lowest BCUT2D eigenvalue weighted by Gasteiger charge is -1.98. The predicted molar refractivity (Wildman–Crippen MR) is 41.7 cm³/mol. The van der Waals surface area contributed by atoms with E-state index in [4.69, 9.17) is 0 Å². The third kappa shape index (κ3) is 0.923. The minimum atomic E-state index is 0.662. The molecule has 1 aromatic carbocycles. The van der Waals surface area contributed by atoms with Crippen LogP contribution in [0.5, 0.6) is 0 Å². The Kier molecular flexibility index (Phi) is 1.25. The minimum absolute atomic E-state index is 0.662. The smallest absolute Gasteiger partial charge is 0.224 e. The van der Waals surface area contributed by atoms with Gasteiger partial charge in [0.25, 0.3) is 0 Å². The topological polar surface area (TPSA) is 26.9 Å². The summed E-state index contributed by atoms with van der Waals surface area (Å²) in [5.41, 5.74) is 0.662. The number of rotatable bonds is 0. The molecule has 0 saturated heterocycles. The van der Waals surface area contributed by atoms with Crippen LogP contribution < -0.4 is 4.73 Å². The van der Waals surface area contributed by atoms with Crippen molar-refractivity contribution in [1.82, 2.24) is 0 Å². The van der Waals surface area contributed by atoms with Crippen LogP contribution >= 0.6 is 0 Å². The summed E-state index contributed by atoms with van der Waals surface area (Å²) >= 11 is 0. The van der Waals surface area contributed by atoms with Gasteiger partial charge in [-0.15, -0.1) is 0 Å². The maximum absolute atomic E-state index is 11.1.